The molecule has 0 bridgehead atoms. The summed E-state index contributed by atoms with van der Waals surface area (Å²) in [4.78, 5) is 38.2. The van der Waals surface area contributed by atoms with Crippen LogP contribution in [0.25, 0.3) is 0 Å². The molecular weight excluding hydrogens is 877 g/mol. The van der Waals surface area contributed by atoms with Gasteiger partial charge in [0.2, 0.25) is 0 Å². The van der Waals surface area contributed by atoms with Gasteiger partial charge in [-0.2, -0.15) is 0 Å². The summed E-state index contributed by atoms with van der Waals surface area (Å²) in [6.07, 6.45) is 83.7. The lowest BCUT2D eigenvalue weighted by molar-refractivity contribution is -0.167. The summed E-state index contributed by atoms with van der Waals surface area (Å²) in [5.74, 6) is -0.992. The van der Waals surface area contributed by atoms with Crippen molar-refractivity contribution < 1.29 is 28.6 Å². The van der Waals surface area contributed by atoms with Crippen molar-refractivity contribution in [1.29, 1.82) is 0 Å². The van der Waals surface area contributed by atoms with Crippen LogP contribution in [0.4, 0.5) is 0 Å². The molecule has 0 saturated carbocycles. The number of allylic oxidation sites excluding steroid dienone is 26. The molecule has 0 aliphatic carbocycles. The molecule has 0 radical (unpaired) electrons. The largest absolute Gasteiger partial charge is 0.462 e. The van der Waals surface area contributed by atoms with Gasteiger partial charge in [-0.25, -0.2) is 0 Å². The number of rotatable bonds is 48. The highest BCUT2D eigenvalue weighted by Gasteiger charge is 2.19. The van der Waals surface area contributed by atoms with Crippen molar-refractivity contribution in [2.45, 2.75) is 219 Å². The molecule has 0 N–H and O–H groups in total. The molecule has 0 aromatic heterocycles. The highest BCUT2D eigenvalue weighted by Crippen LogP contribution is 2.13. The van der Waals surface area contributed by atoms with Crippen LogP contribution in [0.15, 0.2) is 158 Å². The fraction of sp³-hybridized carbons (Fsp3) is 0.554. The second-order valence-electron chi connectivity index (χ2n) is 17.8. The molecule has 0 aliphatic heterocycles. The van der Waals surface area contributed by atoms with Crippen LogP contribution in [0.2, 0.25) is 0 Å². The Hall–Kier alpha value is -4.97. The second kappa shape index (κ2) is 57.6. The van der Waals surface area contributed by atoms with E-state index in [4.69, 9.17) is 14.2 Å². The van der Waals surface area contributed by atoms with Crippen molar-refractivity contribution in [3.05, 3.63) is 158 Å². The number of carbonyl (C=O) groups is 3. The number of unbranched alkanes of at least 4 members (excludes halogenated alkanes) is 15. The van der Waals surface area contributed by atoms with Gasteiger partial charge in [0.1, 0.15) is 13.2 Å². The zero-order valence-electron chi connectivity index (χ0n) is 45.2. The Kier molecular flexibility index (Phi) is 53.6. The fourth-order valence-electron chi connectivity index (χ4n) is 7.03. The van der Waals surface area contributed by atoms with E-state index in [9.17, 15) is 14.4 Å². The molecule has 0 saturated heterocycles. The number of carbonyl (C=O) groups excluding carboxylic acids is 3. The molecular formula is C65H100O6. The van der Waals surface area contributed by atoms with E-state index >= 15 is 0 Å². The molecule has 1 atom stereocenters. The molecule has 0 rings (SSSR count). The minimum atomic E-state index is -0.819. The van der Waals surface area contributed by atoms with Gasteiger partial charge in [-0.1, -0.05) is 237 Å². The van der Waals surface area contributed by atoms with Crippen LogP contribution in [-0.2, 0) is 28.6 Å². The first-order valence-electron chi connectivity index (χ1n) is 28.1. The Morgan fingerprint density at radius 3 is 0.972 bits per heavy atom. The van der Waals surface area contributed by atoms with E-state index in [0.717, 1.165) is 148 Å². The molecule has 396 valence electrons. The summed E-state index contributed by atoms with van der Waals surface area (Å²) in [7, 11) is 0. The molecule has 0 aromatic rings. The van der Waals surface area contributed by atoms with E-state index in [1.807, 2.05) is 48.6 Å². The maximum atomic E-state index is 12.9. The van der Waals surface area contributed by atoms with Crippen LogP contribution in [0, 0.1) is 0 Å². The Morgan fingerprint density at radius 2 is 0.577 bits per heavy atom. The zero-order valence-corrected chi connectivity index (χ0v) is 45.2. The van der Waals surface area contributed by atoms with Crippen molar-refractivity contribution in [1.82, 2.24) is 0 Å². The monoisotopic (exact) mass is 977 g/mol. The van der Waals surface area contributed by atoms with Gasteiger partial charge in [-0.3, -0.25) is 14.4 Å². The fourth-order valence-corrected chi connectivity index (χ4v) is 7.03. The first-order valence-corrected chi connectivity index (χ1v) is 28.1. The maximum Gasteiger partial charge on any atom is 0.306 e. The number of ether oxygens (including phenoxy) is 3. The van der Waals surface area contributed by atoms with E-state index in [-0.39, 0.29) is 31.1 Å². The summed E-state index contributed by atoms with van der Waals surface area (Å²) in [6.45, 7) is 6.19. The van der Waals surface area contributed by atoms with Gasteiger partial charge in [0, 0.05) is 19.3 Å². The van der Waals surface area contributed by atoms with Crippen LogP contribution in [-0.4, -0.2) is 37.2 Å². The third-order valence-corrected chi connectivity index (χ3v) is 11.1. The summed E-state index contributed by atoms with van der Waals surface area (Å²) in [5.41, 5.74) is 0. The summed E-state index contributed by atoms with van der Waals surface area (Å²) in [6, 6.07) is 0. The van der Waals surface area contributed by atoms with Gasteiger partial charge >= 0.3 is 17.9 Å². The van der Waals surface area contributed by atoms with E-state index in [2.05, 4.69) is 130 Å². The zero-order chi connectivity index (χ0) is 51.4. The number of hydrogen-bond acceptors (Lipinski definition) is 6. The van der Waals surface area contributed by atoms with Crippen molar-refractivity contribution in [2.75, 3.05) is 13.2 Å². The lowest BCUT2D eigenvalue weighted by Crippen LogP contribution is -2.30. The van der Waals surface area contributed by atoms with Gasteiger partial charge in [0.05, 0.1) is 0 Å². The molecule has 0 spiro atoms. The number of esters is 3. The van der Waals surface area contributed by atoms with Gasteiger partial charge in [-0.15, -0.1) is 0 Å². The van der Waals surface area contributed by atoms with E-state index in [0.29, 0.717) is 19.3 Å². The lowest BCUT2D eigenvalue weighted by Gasteiger charge is -2.18. The molecule has 71 heavy (non-hydrogen) atoms. The Balaban J connectivity index is 4.54. The summed E-state index contributed by atoms with van der Waals surface area (Å²) < 4.78 is 16.8. The smallest absolute Gasteiger partial charge is 0.306 e. The molecule has 6 heteroatoms. The Morgan fingerprint density at radius 1 is 0.296 bits per heavy atom. The van der Waals surface area contributed by atoms with Gasteiger partial charge < -0.3 is 14.2 Å². The molecule has 0 aliphatic rings. The molecule has 0 heterocycles. The van der Waals surface area contributed by atoms with E-state index in [1.165, 1.54) is 25.7 Å². The van der Waals surface area contributed by atoms with Crippen molar-refractivity contribution in [3.8, 4) is 0 Å². The quantitative estimate of drug-likeness (QED) is 0.0199. The normalized spacial score (nSPS) is 13.3. The third kappa shape index (κ3) is 55.8. The summed E-state index contributed by atoms with van der Waals surface area (Å²) in [5, 5.41) is 0. The van der Waals surface area contributed by atoms with E-state index in [1.54, 1.807) is 0 Å². The second-order valence-corrected chi connectivity index (χ2v) is 17.8. The molecule has 6 nitrogen and oxygen atoms in total. The van der Waals surface area contributed by atoms with Crippen LogP contribution in [0.3, 0.4) is 0 Å². The van der Waals surface area contributed by atoms with Crippen molar-refractivity contribution >= 4 is 17.9 Å². The van der Waals surface area contributed by atoms with Gasteiger partial charge in [0.15, 0.2) is 6.10 Å². The van der Waals surface area contributed by atoms with Crippen LogP contribution < -0.4 is 0 Å². The Bertz CT molecular complexity index is 1640. The minimum Gasteiger partial charge on any atom is -0.462 e. The summed E-state index contributed by atoms with van der Waals surface area (Å²) >= 11 is 0. The standard InChI is InChI=1S/C65H100O6/c1-4-7-10-13-16-19-22-25-28-30-32-34-37-40-43-46-49-52-55-58-64(67)70-61-62(60-69-63(66)57-54-51-48-45-42-39-36-27-24-21-18-15-12-9-6-3)71-65(68)59-56-53-50-47-44-41-38-35-33-31-29-26-23-20-17-14-11-8-5-2/h7-12,15-21,24-29,32-36,39,42,62H,4-6,13-14,22-23,30-31,37-38,40-41,43-61H2,1-3H3/b10-7-,11-8-,12-9-,18-15-,19-16-,20-17-,24-21-,28-25-,29-26-,34-32-,35-33-,36-27-,42-39-. The highest BCUT2D eigenvalue weighted by atomic mass is 16.6. The minimum absolute atomic E-state index is 0.113. The molecule has 0 aromatic carbocycles. The van der Waals surface area contributed by atoms with Crippen LogP contribution >= 0.6 is 0 Å². The predicted molar refractivity (Wildman–Crippen MR) is 306 cm³/mol. The lowest BCUT2D eigenvalue weighted by atomic mass is 10.1. The van der Waals surface area contributed by atoms with E-state index < -0.39 is 6.10 Å². The topological polar surface area (TPSA) is 78.9 Å². The van der Waals surface area contributed by atoms with Crippen LogP contribution in [0.5, 0.6) is 0 Å². The van der Waals surface area contributed by atoms with Crippen LogP contribution in [0.1, 0.15) is 213 Å². The number of hydrogen-bond donors (Lipinski definition) is 0. The third-order valence-electron chi connectivity index (χ3n) is 11.1. The maximum absolute atomic E-state index is 12.9. The molecule has 0 fully saturated rings. The predicted octanol–water partition coefficient (Wildman–Crippen LogP) is 19.0. The van der Waals surface area contributed by atoms with Crippen molar-refractivity contribution in [2.24, 2.45) is 0 Å². The first-order chi connectivity index (χ1) is 35.0. The SMILES string of the molecule is CC\C=C/C=C\C=C/C=C\C=C/CCCCCC(=O)OCC(COC(=O)CCCCCCCC/C=C\C/C=C\C/C=C\C/C=C\CC)OC(=O)CCCCCCCC/C=C\C/C=C\C/C=C\C/C=C\CC. The van der Waals surface area contributed by atoms with Crippen molar-refractivity contribution in [3.63, 3.8) is 0 Å². The van der Waals surface area contributed by atoms with Gasteiger partial charge in [0.25, 0.3) is 0 Å². The first kappa shape index (κ1) is 66.0. The Labute approximate surface area is 435 Å². The molecule has 0 amide bonds. The highest BCUT2D eigenvalue weighted by molar-refractivity contribution is 5.71. The average Bonchev–Trinajstić information content (AvgIpc) is 3.37. The molecule has 1 unspecified atom stereocenters. The van der Waals surface area contributed by atoms with Gasteiger partial charge in [-0.05, 0) is 116 Å². The average molecular weight is 978 g/mol.